The molecule has 2 rings (SSSR count). The number of aromatic amines is 1. The Morgan fingerprint density at radius 2 is 2.12 bits per heavy atom. The Hall–Kier alpha value is -1.64. The topological polar surface area (TPSA) is 101 Å². The molecular weight excluding hydrogens is 368 g/mol. The molecule has 4 N–H and O–H groups in total. The smallest absolute Gasteiger partial charge is 0.203 e. The second-order valence-electron chi connectivity index (χ2n) is 5.02. The first-order valence-electron chi connectivity index (χ1n) is 7.17. The highest BCUT2D eigenvalue weighted by molar-refractivity contribution is 7.98. The number of nitrogens with one attached hydrogen (secondary N) is 2. The summed E-state index contributed by atoms with van der Waals surface area (Å²) in [7, 11) is -3.59. The van der Waals surface area contributed by atoms with Crippen LogP contribution in [0.2, 0.25) is 5.02 Å². The van der Waals surface area contributed by atoms with Crippen molar-refractivity contribution < 1.29 is 8.42 Å². The van der Waals surface area contributed by atoms with Crippen molar-refractivity contribution in [1.29, 1.82) is 0 Å². The number of rotatable bonds is 8. The standard InChI is InChI=1S/C15H19ClN4O2S2/c1-11-14(20-10-19-11)8-23-7-6-18-15(17)9-24(21,22)13-4-2-12(16)3-5-13/h2-5,9-10,18H,6-8,17H2,1H3,(H,19,20). The molecule has 0 saturated heterocycles. The molecule has 1 aromatic heterocycles. The quantitative estimate of drug-likeness (QED) is 0.602. The minimum atomic E-state index is -3.59. The van der Waals surface area contributed by atoms with E-state index >= 15 is 0 Å². The van der Waals surface area contributed by atoms with Gasteiger partial charge in [-0.15, -0.1) is 0 Å². The van der Waals surface area contributed by atoms with E-state index in [1.165, 1.54) is 24.3 Å². The van der Waals surface area contributed by atoms with Gasteiger partial charge < -0.3 is 16.0 Å². The van der Waals surface area contributed by atoms with Crippen LogP contribution in [0.3, 0.4) is 0 Å². The molecular formula is C15H19ClN4O2S2. The zero-order valence-electron chi connectivity index (χ0n) is 13.1. The van der Waals surface area contributed by atoms with E-state index in [-0.39, 0.29) is 10.7 Å². The van der Waals surface area contributed by atoms with Crippen LogP contribution in [0.5, 0.6) is 0 Å². The fourth-order valence-electron chi connectivity index (χ4n) is 1.88. The van der Waals surface area contributed by atoms with Crippen molar-refractivity contribution in [3.63, 3.8) is 0 Å². The van der Waals surface area contributed by atoms with E-state index in [2.05, 4.69) is 15.3 Å². The van der Waals surface area contributed by atoms with Gasteiger partial charge in [0.2, 0.25) is 9.84 Å². The highest BCUT2D eigenvalue weighted by atomic mass is 35.5. The average Bonchev–Trinajstić information content (AvgIpc) is 2.92. The summed E-state index contributed by atoms with van der Waals surface area (Å²) in [6.07, 6.45) is 1.67. The van der Waals surface area contributed by atoms with Gasteiger partial charge >= 0.3 is 0 Å². The molecule has 0 aliphatic heterocycles. The van der Waals surface area contributed by atoms with Gasteiger partial charge in [-0.2, -0.15) is 11.8 Å². The summed E-state index contributed by atoms with van der Waals surface area (Å²) >= 11 is 7.46. The summed E-state index contributed by atoms with van der Waals surface area (Å²) in [6.45, 7) is 2.52. The number of hydrogen-bond donors (Lipinski definition) is 3. The Balaban J connectivity index is 1.81. The minimum absolute atomic E-state index is 0.114. The van der Waals surface area contributed by atoms with Crippen molar-refractivity contribution in [2.45, 2.75) is 17.6 Å². The first kappa shape index (κ1) is 18.7. The van der Waals surface area contributed by atoms with Crippen LogP contribution in [0.15, 0.2) is 46.7 Å². The molecule has 0 radical (unpaired) electrons. The van der Waals surface area contributed by atoms with Crippen molar-refractivity contribution >= 4 is 33.2 Å². The number of hydrogen-bond acceptors (Lipinski definition) is 6. The first-order chi connectivity index (χ1) is 11.4. The number of nitrogens with two attached hydrogens (primary N) is 1. The van der Waals surface area contributed by atoms with E-state index in [0.29, 0.717) is 11.6 Å². The summed E-state index contributed by atoms with van der Waals surface area (Å²) in [6, 6.07) is 5.95. The molecule has 0 aliphatic rings. The van der Waals surface area contributed by atoms with Crippen molar-refractivity contribution in [3.05, 3.63) is 58.2 Å². The molecule has 24 heavy (non-hydrogen) atoms. The zero-order valence-corrected chi connectivity index (χ0v) is 15.5. The summed E-state index contributed by atoms with van der Waals surface area (Å²) < 4.78 is 24.4. The number of imidazole rings is 1. The van der Waals surface area contributed by atoms with Gasteiger partial charge in [0.1, 0.15) is 5.82 Å². The van der Waals surface area contributed by atoms with Crippen molar-refractivity contribution in [2.24, 2.45) is 5.73 Å². The van der Waals surface area contributed by atoms with Gasteiger partial charge in [-0.05, 0) is 31.2 Å². The number of thioether (sulfide) groups is 1. The Morgan fingerprint density at radius 1 is 1.42 bits per heavy atom. The lowest BCUT2D eigenvalue weighted by Crippen LogP contribution is -2.23. The third kappa shape index (κ3) is 5.47. The number of nitrogens with zero attached hydrogens (tertiary/aromatic N) is 1. The number of aryl methyl sites for hydroxylation is 1. The summed E-state index contributed by atoms with van der Waals surface area (Å²) in [4.78, 5) is 7.36. The normalized spacial score (nSPS) is 12.3. The fraction of sp³-hybridized carbons (Fsp3) is 0.267. The summed E-state index contributed by atoms with van der Waals surface area (Å²) in [5.41, 5.74) is 7.83. The molecule has 0 unspecified atom stereocenters. The van der Waals surface area contributed by atoms with Crippen LogP contribution >= 0.6 is 23.4 Å². The van der Waals surface area contributed by atoms with Gasteiger partial charge in [-0.25, -0.2) is 13.4 Å². The van der Waals surface area contributed by atoms with E-state index < -0.39 is 9.84 Å². The van der Waals surface area contributed by atoms with Crippen LogP contribution < -0.4 is 11.1 Å². The third-order valence-corrected chi connectivity index (χ3v) is 5.91. The number of benzene rings is 1. The molecule has 0 bridgehead atoms. The predicted molar refractivity (Wildman–Crippen MR) is 98.4 cm³/mol. The van der Waals surface area contributed by atoms with Gasteiger partial charge in [0.25, 0.3) is 0 Å². The molecule has 2 aromatic rings. The molecule has 130 valence electrons. The van der Waals surface area contributed by atoms with Crippen LogP contribution in [0, 0.1) is 6.92 Å². The lowest BCUT2D eigenvalue weighted by Gasteiger charge is -2.07. The lowest BCUT2D eigenvalue weighted by atomic mass is 10.4. The first-order valence-corrected chi connectivity index (χ1v) is 10.2. The van der Waals surface area contributed by atoms with E-state index in [1.54, 1.807) is 18.1 Å². The number of halogens is 1. The van der Waals surface area contributed by atoms with Crippen molar-refractivity contribution in [1.82, 2.24) is 15.3 Å². The van der Waals surface area contributed by atoms with Crippen molar-refractivity contribution in [2.75, 3.05) is 12.3 Å². The molecule has 6 nitrogen and oxygen atoms in total. The van der Waals surface area contributed by atoms with E-state index in [9.17, 15) is 8.42 Å². The zero-order chi connectivity index (χ0) is 17.6. The van der Waals surface area contributed by atoms with E-state index in [0.717, 1.165) is 28.3 Å². The molecule has 0 aliphatic carbocycles. The Labute approximate surface area is 150 Å². The molecule has 0 fully saturated rings. The summed E-state index contributed by atoms with van der Waals surface area (Å²) in [5.74, 6) is 1.72. The van der Waals surface area contributed by atoms with Gasteiger partial charge in [-0.3, -0.25) is 0 Å². The highest BCUT2D eigenvalue weighted by Crippen LogP contribution is 2.16. The third-order valence-electron chi connectivity index (χ3n) is 3.18. The van der Waals surface area contributed by atoms with Gasteiger partial charge in [-0.1, -0.05) is 11.6 Å². The lowest BCUT2D eigenvalue weighted by molar-refractivity contribution is 0.604. The maximum Gasteiger partial charge on any atom is 0.203 e. The van der Waals surface area contributed by atoms with Crippen LogP contribution in [0.4, 0.5) is 0 Å². The monoisotopic (exact) mass is 386 g/mol. The Morgan fingerprint density at radius 3 is 2.75 bits per heavy atom. The van der Waals surface area contributed by atoms with Crippen LogP contribution in [-0.2, 0) is 15.6 Å². The molecule has 9 heteroatoms. The van der Waals surface area contributed by atoms with Crippen LogP contribution in [0.25, 0.3) is 0 Å². The van der Waals surface area contributed by atoms with Gasteiger partial charge in [0, 0.05) is 28.8 Å². The predicted octanol–water partition coefficient (Wildman–Crippen LogP) is 2.43. The highest BCUT2D eigenvalue weighted by Gasteiger charge is 2.11. The molecule has 0 atom stereocenters. The maximum atomic E-state index is 12.2. The van der Waals surface area contributed by atoms with Crippen LogP contribution in [-0.4, -0.2) is 30.7 Å². The van der Waals surface area contributed by atoms with Crippen LogP contribution in [0.1, 0.15) is 11.4 Å². The minimum Gasteiger partial charge on any atom is -0.385 e. The second-order valence-corrected chi connectivity index (χ2v) is 8.36. The maximum absolute atomic E-state index is 12.2. The number of H-pyrrole nitrogens is 1. The molecule has 1 heterocycles. The molecule has 0 spiro atoms. The van der Waals surface area contributed by atoms with E-state index in [1.807, 2.05) is 6.92 Å². The Kier molecular flexibility index (Phi) is 6.59. The fourth-order valence-corrected chi connectivity index (χ4v) is 3.96. The molecule has 0 saturated carbocycles. The van der Waals surface area contributed by atoms with Gasteiger partial charge in [0.05, 0.1) is 22.3 Å². The Bertz CT molecular complexity index is 801. The average molecular weight is 387 g/mol. The largest absolute Gasteiger partial charge is 0.385 e. The molecule has 1 aromatic carbocycles. The number of sulfone groups is 1. The second kappa shape index (κ2) is 8.46. The number of aromatic nitrogens is 2. The SMILES string of the molecule is Cc1nc[nH]c1CSCCNC(N)=CS(=O)(=O)c1ccc(Cl)cc1. The summed E-state index contributed by atoms with van der Waals surface area (Å²) in [5, 5.41) is 4.41. The van der Waals surface area contributed by atoms with E-state index in [4.69, 9.17) is 17.3 Å². The molecule has 0 amide bonds. The van der Waals surface area contributed by atoms with Gasteiger partial charge in [0.15, 0.2) is 0 Å². The van der Waals surface area contributed by atoms with Crippen molar-refractivity contribution in [3.8, 4) is 0 Å².